The number of rotatable bonds is 3. The first-order valence-electron chi connectivity index (χ1n) is 4.64. The Bertz CT molecular complexity index is 463. The molecule has 0 saturated carbocycles. The highest BCUT2D eigenvalue weighted by molar-refractivity contribution is 6.30. The second-order valence-electron chi connectivity index (χ2n) is 3.10. The maximum Gasteiger partial charge on any atom is 0.328 e. The smallest absolute Gasteiger partial charge is 0.328 e. The van der Waals surface area contributed by atoms with Gasteiger partial charge in [-0.05, 0) is 6.92 Å². The van der Waals surface area contributed by atoms with Gasteiger partial charge in [-0.3, -0.25) is 4.79 Å². The highest BCUT2D eigenvalue weighted by atomic mass is 35.5. The molecule has 0 bridgehead atoms. The van der Waals surface area contributed by atoms with E-state index >= 15 is 0 Å². The molecule has 0 fully saturated rings. The van der Waals surface area contributed by atoms with E-state index in [1.807, 2.05) is 0 Å². The number of ether oxygens (including phenoxy) is 1. The van der Waals surface area contributed by atoms with Crippen LogP contribution in [0.15, 0.2) is 0 Å². The number of hydrogen-bond acceptors (Lipinski definition) is 2. The van der Waals surface area contributed by atoms with Gasteiger partial charge < -0.3 is 4.74 Å². The molecule has 0 aliphatic carbocycles. The molecular weight excluding hydrogens is 283 g/mol. The summed E-state index contributed by atoms with van der Waals surface area (Å²) in [6, 6.07) is 0. The van der Waals surface area contributed by atoms with Crippen molar-refractivity contribution in [1.82, 2.24) is 0 Å². The Morgan fingerprint density at radius 1 is 1.06 bits per heavy atom. The molecule has 1 aromatic rings. The number of esters is 1. The van der Waals surface area contributed by atoms with Crippen molar-refractivity contribution in [3.63, 3.8) is 0 Å². The fourth-order valence-electron chi connectivity index (χ4n) is 1.18. The fraction of sp³-hybridized carbons (Fsp3) is 0.300. The van der Waals surface area contributed by atoms with Gasteiger partial charge in [0.25, 0.3) is 0 Å². The van der Waals surface area contributed by atoms with Crippen molar-refractivity contribution in [1.29, 1.82) is 0 Å². The molecule has 100 valence electrons. The molecule has 0 aliphatic heterocycles. The van der Waals surface area contributed by atoms with Crippen molar-refractivity contribution in [2.45, 2.75) is 12.3 Å². The topological polar surface area (TPSA) is 26.3 Å². The number of halogens is 6. The lowest BCUT2D eigenvalue weighted by Gasteiger charge is -2.12. The molecule has 0 radical (unpaired) electrons. The Morgan fingerprint density at radius 2 is 1.44 bits per heavy atom. The summed E-state index contributed by atoms with van der Waals surface area (Å²) in [6.45, 7) is 1.23. The van der Waals surface area contributed by atoms with Gasteiger partial charge in [-0.1, -0.05) is 0 Å². The maximum absolute atomic E-state index is 13.2. The number of carbonyl (C=O) groups is 1. The Balaban J connectivity index is 3.37. The van der Waals surface area contributed by atoms with Crippen LogP contribution in [0.4, 0.5) is 22.0 Å². The van der Waals surface area contributed by atoms with Crippen molar-refractivity contribution < 1.29 is 31.5 Å². The molecule has 1 rings (SSSR count). The average Bonchev–Trinajstić information content (AvgIpc) is 2.34. The van der Waals surface area contributed by atoms with Crippen LogP contribution in [0.1, 0.15) is 17.9 Å². The number of hydrogen-bond donors (Lipinski definition) is 0. The molecule has 0 amide bonds. The van der Waals surface area contributed by atoms with Crippen molar-refractivity contribution in [2.75, 3.05) is 6.61 Å². The maximum atomic E-state index is 13.2. The Hall–Kier alpha value is -1.37. The van der Waals surface area contributed by atoms with Crippen molar-refractivity contribution >= 4 is 17.6 Å². The second-order valence-corrected chi connectivity index (χ2v) is 3.53. The predicted molar refractivity (Wildman–Crippen MR) is 51.5 cm³/mol. The highest BCUT2D eigenvalue weighted by Crippen LogP contribution is 2.31. The van der Waals surface area contributed by atoms with Gasteiger partial charge in [0, 0.05) is 0 Å². The summed E-state index contributed by atoms with van der Waals surface area (Å²) in [5.41, 5.74) is -1.42. The van der Waals surface area contributed by atoms with E-state index in [1.165, 1.54) is 6.92 Å². The molecule has 1 aromatic carbocycles. The van der Waals surface area contributed by atoms with Gasteiger partial charge in [0.1, 0.15) is 0 Å². The molecule has 2 nitrogen and oxygen atoms in total. The largest absolute Gasteiger partial charge is 0.465 e. The number of benzene rings is 1. The fourth-order valence-corrected chi connectivity index (χ4v) is 1.43. The minimum atomic E-state index is -2.32. The van der Waals surface area contributed by atoms with E-state index in [4.69, 9.17) is 11.6 Å². The highest BCUT2D eigenvalue weighted by Gasteiger charge is 2.33. The normalized spacial score (nSPS) is 12.4. The summed E-state index contributed by atoms with van der Waals surface area (Å²) in [4.78, 5) is 11.1. The quantitative estimate of drug-likeness (QED) is 0.281. The van der Waals surface area contributed by atoms with E-state index in [1.54, 1.807) is 0 Å². The van der Waals surface area contributed by atoms with Crippen molar-refractivity contribution in [3.05, 3.63) is 34.6 Å². The van der Waals surface area contributed by atoms with Crippen molar-refractivity contribution in [2.24, 2.45) is 0 Å². The lowest BCUT2D eigenvalue weighted by molar-refractivity contribution is -0.142. The molecule has 1 unspecified atom stereocenters. The minimum Gasteiger partial charge on any atom is -0.465 e. The van der Waals surface area contributed by atoms with E-state index in [9.17, 15) is 26.7 Å². The molecule has 0 N–H and O–H groups in total. The molecule has 8 heteroatoms. The van der Waals surface area contributed by atoms with E-state index in [2.05, 4.69) is 4.74 Å². The predicted octanol–water partition coefficient (Wildman–Crippen LogP) is 3.23. The van der Waals surface area contributed by atoms with Gasteiger partial charge >= 0.3 is 5.97 Å². The van der Waals surface area contributed by atoms with Crippen LogP contribution in [0.2, 0.25) is 0 Å². The van der Waals surface area contributed by atoms with Crippen LogP contribution in [0.25, 0.3) is 0 Å². The van der Waals surface area contributed by atoms with Crippen LogP contribution in [-0.2, 0) is 9.53 Å². The SMILES string of the molecule is CCOC(=O)C(Cl)c1c(F)c(F)c(F)c(F)c1F. The van der Waals surface area contributed by atoms with E-state index in [0.717, 1.165) is 0 Å². The van der Waals surface area contributed by atoms with Crippen LogP contribution in [-0.4, -0.2) is 12.6 Å². The lowest BCUT2D eigenvalue weighted by Crippen LogP contribution is -2.17. The van der Waals surface area contributed by atoms with E-state index < -0.39 is 46.0 Å². The minimum absolute atomic E-state index is 0.155. The second kappa shape index (κ2) is 5.51. The molecular formula is C10H6ClF5O2. The monoisotopic (exact) mass is 288 g/mol. The van der Waals surface area contributed by atoms with Crippen LogP contribution in [0.5, 0.6) is 0 Å². The zero-order chi connectivity index (χ0) is 14.0. The molecule has 0 spiro atoms. The van der Waals surface area contributed by atoms with Gasteiger partial charge in [-0.25, -0.2) is 22.0 Å². The Labute approximate surface area is 103 Å². The summed E-state index contributed by atoms with van der Waals surface area (Å²) >= 11 is 5.33. The summed E-state index contributed by atoms with van der Waals surface area (Å²) in [5, 5.41) is -2.12. The van der Waals surface area contributed by atoms with Crippen LogP contribution in [0, 0.1) is 29.1 Å². The Kier molecular flexibility index (Phi) is 4.50. The summed E-state index contributed by atoms with van der Waals surface area (Å²) in [6.07, 6.45) is 0. The third-order valence-corrected chi connectivity index (χ3v) is 2.39. The van der Waals surface area contributed by atoms with Crippen molar-refractivity contribution in [3.8, 4) is 0 Å². The first-order valence-corrected chi connectivity index (χ1v) is 5.08. The van der Waals surface area contributed by atoms with Gasteiger partial charge in [0.15, 0.2) is 28.6 Å². The summed E-state index contributed by atoms with van der Waals surface area (Å²) < 4.78 is 69.2. The van der Waals surface area contributed by atoms with Gasteiger partial charge in [-0.15, -0.1) is 11.6 Å². The first-order chi connectivity index (χ1) is 8.32. The lowest BCUT2D eigenvalue weighted by atomic mass is 10.1. The number of carbonyl (C=O) groups excluding carboxylic acids is 1. The average molecular weight is 289 g/mol. The molecule has 0 heterocycles. The zero-order valence-electron chi connectivity index (χ0n) is 8.87. The van der Waals surface area contributed by atoms with Crippen LogP contribution >= 0.6 is 11.6 Å². The van der Waals surface area contributed by atoms with Gasteiger partial charge in [0.2, 0.25) is 5.82 Å². The number of alkyl halides is 1. The zero-order valence-corrected chi connectivity index (χ0v) is 9.62. The third-order valence-electron chi connectivity index (χ3n) is 1.99. The van der Waals surface area contributed by atoms with Crippen LogP contribution in [0.3, 0.4) is 0 Å². The van der Waals surface area contributed by atoms with Gasteiger partial charge in [0.05, 0.1) is 12.2 Å². The first kappa shape index (κ1) is 14.7. The van der Waals surface area contributed by atoms with Crippen LogP contribution < -0.4 is 0 Å². The summed E-state index contributed by atoms with van der Waals surface area (Å²) in [5.74, 6) is -12.3. The molecule has 1 atom stereocenters. The molecule has 0 aliphatic rings. The van der Waals surface area contributed by atoms with E-state index in [0.29, 0.717) is 0 Å². The third kappa shape index (κ3) is 2.40. The van der Waals surface area contributed by atoms with Gasteiger partial charge in [-0.2, -0.15) is 0 Å². The molecule has 18 heavy (non-hydrogen) atoms. The summed E-state index contributed by atoms with van der Waals surface area (Å²) in [7, 11) is 0. The standard InChI is InChI=1S/C10H6ClF5O2/c1-2-18-10(17)4(11)3-5(12)7(14)9(16)8(15)6(3)13/h4H,2H2,1H3. The molecule has 0 saturated heterocycles. The van der Waals surface area contributed by atoms with E-state index in [-0.39, 0.29) is 6.61 Å². The Morgan fingerprint density at radius 3 is 1.83 bits per heavy atom. The molecule has 0 aromatic heterocycles.